The van der Waals surface area contributed by atoms with E-state index >= 15 is 0 Å². The Morgan fingerprint density at radius 1 is 1.04 bits per heavy atom. The summed E-state index contributed by atoms with van der Waals surface area (Å²) in [5, 5.41) is 8.18. The molecule has 0 saturated heterocycles. The average Bonchev–Trinajstić information content (AvgIpc) is 3.25. The zero-order chi connectivity index (χ0) is 17.4. The fourth-order valence-electron chi connectivity index (χ4n) is 3.02. The quantitative estimate of drug-likeness (QED) is 0.689. The van der Waals surface area contributed by atoms with Crippen LogP contribution in [0.3, 0.4) is 0 Å². The number of halogens is 3. The second-order valence-corrected chi connectivity index (χ2v) is 6.91. The van der Waals surface area contributed by atoms with E-state index in [0.29, 0.717) is 16.5 Å². The Kier molecular flexibility index (Phi) is 4.10. The fourth-order valence-corrected chi connectivity index (χ4v) is 3.85. The molecule has 0 unspecified atom stereocenters. The lowest BCUT2D eigenvalue weighted by Gasteiger charge is -2.09. The maximum atomic E-state index is 13.1. The fraction of sp³-hybridized carbons (Fsp3) is 0.375. The second kappa shape index (κ2) is 6.29. The van der Waals surface area contributed by atoms with Crippen LogP contribution >= 0.6 is 11.8 Å². The highest BCUT2D eigenvalue weighted by molar-refractivity contribution is 7.99. The Hall–Kier alpha value is -2.16. The number of nitrogens with one attached hydrogen (secondary N) is 1. The van der Waals surface area contributed by atoms with Crippen LogP contribution in [0, 0.1) is 0 Å². The minimum absolute atomic E-state index is 0.204. The van der Waals surface area contributed by atoms with E-state index in [-0.39, 0.29) is 10.5 Å². The Labute approximate surface area is 145 Å². The maximum absolute atomic E-state index is 13.1. The first-order chi connectivity index (χ1) is 12.0. The van der Waals surface area contributed by atoms with Gasteiger partial charge in [0.25, 0.3) is 0 Å². The highest BCUT2D eigenvalue weighted by Crippen LogP contribution is 2.36. The van der Waals surface area contributed by atoms with Crippen LogP contribution in [0.4, 0.5) is 13.2 Å². The first-order valence-electron chi connectivity index (χ1n) is 7.95. The van der Waals surface area contributed by atoms with Gasteiger partial charge in [0.2, 0.25) is 11.0 Å². The van der Waals surface area contributed by atoms with Crippen molar-refractivity contribution in [2.75, 3.05) is 0 Å². The van der Waals surface area contributed by atoms with Crippen LogP contribution in [0.2, 0.25) is 0 Å². The van der Waals surface area contributed by atoms with Gasteiger partial charge in [-0.2, -0.15) is 13.2 Å². The molecular formula is C16H14F3N5S. The predicted molar refractivity (Wildman–Crippen MR) is 86.3 cm³/mol. The molecule has 0 spiro atoms. The molecule has 0 atom stereocenters. The lowest BCUT2D eigenvalue weighted by molar-refractivity contribution is -0.145. The van der Waals surface area contributed by atoms with Crippen LogP contribution in [-0.2, 0) is 6.18 Å². The van der Waals surface area contributed by atoms with Gasteiger partial charge < -0.3 is 0 Å². The Bertz CT molecular complexity index is 902. The molecule has 9 heteroatoms. The molecule has 1 aliphatic rings. The van der Waals surface area contributed by atoms with Crippen LogP contribution in [0.5, 0.6) is 0 Å². The van der Waals surface area contributed by atoms with Gasteiger partial charge in [0.1, 0.15) is 10.9 Å². The number of fused-ring (bicyclic) bond motifs is 1. The van der Waals surface area contributed by atoms with E-state index in [1.807, 2.05) is 0 Å². The van der Waals surface area contributed by atoms with Crippen molar-refractivity contribution in [3.05, 3.63) is 35.9 Å². The van der Waals surface area contributed by atoms with E-state index in [1.54, 1.807) is 18.2 Å². The monoisotopic (exact) mass is 365 g/mol. The number of para-hydroxylation sites is 1. The third kappa shape index (κ3) is 3.33. The highest BCUT2D eigenvalue weighted by atomic mass is 32.2. The lowest BCUT2D eigenvalue weighted by Crippen LogP contribution is -2.11. The van der Waals surface area contributed by atoms with Crippen LogP contribution < -0.4 is 0 Å². The van der Waals surface area contributed by atoms with Gasteiger partial charge in [0.05, 0.1) is 5.52 Å². The molecule has 1 fully saturated rings. The van der Waals surface area contributed by atoms with Crippen LogP contribution in [0.25, 0.3) is 10.9 Å². The Balaban J connectivity index is 1.70. The number of H-pyrrole nitrogens is 1. The Morgan fingerprint density at radius 2 is 1.80 bits per heavy atom. The summed E-state index contributed by atoms with van der Waals surface area (Å²) in [6.07, 6.45) is -0.145. The number of aromatic amines is 1. The molecule has 130 valence electrons. The van der Waals surface area contributed by atoms with Gasteiger partial charge in [-0.25, -0.2) is 15.0 Å². The standard InChI is InChI=1S/C16H14F3N5S/c17-16(18,19)14-20-11-8-4-3-7-10(11)13(22-14)25-15-21-12(23-24-15)9-5-1-2-6-9/h3-4,7-9H,1-2,5-6H2,(H,21,23,24). The van der Waals surface area contributed by atoms with Gasteiger partial charge in [0, 0.05) is 11.3 Å². The van der Waals surface area contributed by atoms with Crippen molar-refractivity contribution >= 4 is 22.7 Å². The van der Waals surface area contributed by atoms with E-state index in [0.717, 1.165) is 30.4 Å². The third-order valence-corrected chi connectivity index (χ3v) is 5.10. The predicted octanol–water partition coefficient (Wildman–Crippen LogP) is 4.58. The van der Waals surface area contributed by atoms with E-state index in [4.69, 9.17) is 0 Å². The van der Waals surface area contributed by atoms with Crippen molar-refractivity contribution in [3.63, 3.8) is 0 Å². The molecule has 1 aliphatic carbocycles. The number of rotatable bonds is 3. The van der Waals surface area contributed by atoms with E-state index in [9.17, 15) is 13.2 Å². The number of alkyl halides is 3. The van der Waals surface area contributed by atoms with Gasteiger partial charge in [-0.05, 0) is 30.7 Å². The van der Waals surface area contributed by atoms with Crippen LogP contribution in [0.15, 0.2) is 34.4 Å². The van der Waals surface area contributed by atoms with Crippen molar-refractivity contribution < 1.29 is 13.2 Å². The molecule has 0 aliphatic heterocycles. The molecule has 2 aromatic heterocycles. The summed E-state index contributed by atoms with van der Waals surface area (Å²) in [6.45, 7) is 0. The highest BCUT2D eigenvalue weighted by Gasteiger charge is 2.35. The number of aromatic nitrogens is 5. The molecule has 5 nitrogen and oxygen atoms in total. The van der Waals surface area contributed by atoms with Crippen molar-refractivity contribution in [2.24, 2.45) is 0 Å². The first-order valence-corrected chi connectivity index (χ1v) is 8.76. The summed E-state index contributed by atoms with van der Waals surface area (Å²) in [4.78, 5) is 11.8. The topological polar surface area (TPSA) is 67.3 Å². The number of hydrogen-bond donors (Lipinski definition) is 1. The molecular weight excluding hydrogens is 351 g/mol. The summed E-state index contributed by atoms with van der Waals surface area (Å²) < 4.78 is 39.2. The summed E-state index contributed by atoms with van der Waals surface area (Å²) in [5.74, 6) is 0.00406. The number of hydrogen-bond acceptors (Lipinski definition) is 5. The van der Waals surface area contributed by atoms with Crippen molar-refractivity contribution in [1.29, 1.82) is 0 Å². The molecule has 2 heterocycles. The Morgan fingerprint density at radius 3 is 2.56 bits per heavy atom. The number of benzene rings is 1. The van der Waals surface area contributed by atoms with Crippen molar-refractivity contribution in [3.8, 4) is 0 Å². The van der Waals surface area contributed by atoms with Crippen LogP contribution in [0.1, 0.15) is 43.3 Å². The van der Waals surface area contributed by atoms with E-state index < -0.39 is 12.0 Å². The number of nitrogens with zero attached hydrogens (tertiary/aromatic N) is 4. The summed E-state index contributed by atoms with van der Waals surface area (Å²) >= 11 is 1.02. The van der Waals surface area contributed by atoms with Gasteiger partial charge in [0.15, 0.2) is 0 Å². The summed E-state index contributed by atoms with van der Waals surface area (Å²) in [7, 11) is 0. The van der Waals surface area contributed by atoms with E-state index in [1.165, 1.54) is 18.9 Å². The van der Waals surface area contributed by atoms with Gasteiger partial charge in [-0.1, -0.05) is 31.0 Å². The van der Waals surface area contributed by atoms with Crippen molar-refractivity contribution in [2.45, 2.75) is 48.0 Å². The summed E-state index contributed by atoms with van der Waals surface area (Å²) in [5.41, 5.74) is 0.249. The lowest BCUT2D eigenvalue weighted by atomic mass is 10.1. The first kappa shape index (κ1) is 16.3. The van der Waals surface area contributed by atoms with Gasteiger partial charge in [-0.15, -0.1) is 5.10 Å². The summed E-state index contributed by atoms with van der Waals surface area (Å²) in [6, 6.07) is 6.63. The molecule has 3 aromatic rings. The average molecular weight is 365 g/mol. The molecule has 0 amide bonds. The SMILES string of the molecule is FC(F)(F)c1nc(Sc2n[nH]c(C3CCCC3)n2)c2ccccc2n1. The molecule has 25 heavy (non-hydrogen) atoms. The molecule has 0 bridgehead atoms. The molecule has 1 saturated carbocycles. The molecule has 1 aromatic carbocycles. The van der Waals surface area contributed by atoms with Crippen LogP contribution in [-0.4, -0.2) is 25.1 Å². The molecule has 1 N–H and O–H groups in total. The maximum Gasteiger partial charge on any atom is 0.451 e. The largest absolute Gasteiger partial charge is 0.451 e. The third-order valence-electron chi connectivity index (χ3n) is 4.23. The molecule has 0 radical (unpaired) electrons. The van der Waals surface area contributed by atoms with E-state index in [2.05, 4.69) is 25.1 Å². The normalized spacial score (nSPS) is 16.0. The zero-order valence-electron chi connectivity index (χ0n) is 13.0. The minimum Gasteiger partial charge on any atom is -0.262 e. The minimum atomic E-state index is -4.60. The zero-order valence-corrected chi connectivity index (χ0v) is 13.9. The molecule has 4 rings (SSSR count). The van der Waals surface area contributed by atoms with Gasteiger partial charge in [-0.3, -0.25) is 5.10 Å². The second-order valence-electron chi connectivity index (χ2n) is 5.95. The van der Waals surface area contributed by atoms with Gasteiger partial charge >= 0.3 is 6.18 Å². The van der Waals surface area contributed by atoms with Crippen molar-refractivity contribution in [1.82, 2.24) is 25.1 Å². The smallest absolute Gasteiger partial charge is 0.262 e.